The van der Waals surface area contributed by atoms with Crippen molar-refractivity contribution in [2.45, 2.75) is 25.3 Å². The Balaban J connectivity index is 2.44. The van der Waals surface area contributed by atoms with Crippen LogP contribution in [0.4, 0.5) is 5.69 Å². The van der Waals surface area contributed by atoms with Crippen molar-refractivity contribution >= 4 is 11.7 Å². The Bertz CT molecular complexity index is 445. The summed E-state index contributed by atoms with van der Waals surface area (Å²) in [5.74, 6) is -1.01. The molecule has 4 nitrogen and oxygen atoms in total. The third-order valence-electron chi connectivity index (χ3n) is 3.49. The van der Waals surface area contributed by atoms with E-state index in [9.17, 15) is 4.79 Å². The number of carbonyl (C=O) groups is 1. The normalized spacial score (nSPS) is 20.9. The molecule has 1 aromatic rings. The van der Waals surface area contributed by atoms with Gasteiger partial charge in [-0.3, -0.25) is 4.79 Å². The average Bonchev–Trinajstić information content (AvgIpc) is 2.28. The largest absolute Gasteiger partial charge is 0.480 e. The molecule has 0 saturated carbocycles. The molecule has 0 aliphatic carbocycles. The van der Waals surface area contributed by atoms with Gasteiger partial charge in [-0.2, -0.15) is 0 Å². The molecule has 17 heavy (non-hydrogen) atoms. The highest BCUT2D eigenvalue weighted by atomic mass is 16.4. The van der Waals surface area contributed by atoms with E-state index in [1.54, 1.807) is 0 Å². The number of fused-ring (bicyclic) bond motifs is 1. The third kappa shape index (κ3) is 2.13. The number of benzene rings is 1. The number of hydrogen-bond acceptors (Lipinski definition) is 3. The zero-order valence-electron chi connectivity index (χ0n) is 10.2. The molecule has 2 atom stereocenters. The van der Waals surface area contributed by atoms with Gasteiger partial charge in [0, 0.05) is 25.2 Å². The Morgan fingerprint density at radius 3 is 2.94 bits per heavy atom. The van der Waals surface area contributed by atoms with Crippen LogP contribution in [0.1, 0.15) is 23.5 Å². The monoisotopic (exact) mass is 234 g/mol. The maximum Gasteiger partial charge on any atom is 0.321 e. The summed E-state index contributed by atoms with van der Waals surface area (Å²) >= 11 is 0. The summed E-state index contributed by atoms with van der Waals surface area (Å²) in [4.78, 5) is 13.2. The first-order valence-corrected chi connectivity index (χ1v) is 5.81. The molecule has 0 aromatic heterocycles. The van der Waals surface area contributed by atoms with Gasteiger partial charge < -0.3 is 15.7 Å². The standard InChI is InChI=1S/C13H18N2O2/c1-8-3-4-11-10(7-8)9(5-6-15(11)2)12(14)13(16)17/h3-4,7,9,12H,5-6,14H2,1-2H3,(H,16,17). The summed E-state index contributed by atoms with van der Waals surface area (Å²) in [7, 11) is 2.02. The van der Waals surface area contributed by atoms with Crippen LogP contribution in [0.15, 0.2) is 18.2 Å². The molecule has 4 heteroatoms. The van der Waals surface area contributed by atoms with Gasteiger partial charge in [-0.25, -0.2) is 0 Å². The second-order valence-corrected chi connectivity index (χ2v) is 4.74. The highest BCUT2D eigenvalue weighted by molar-refractivity contribution is 5.76. The fraction of sp³-hybridized carbons (Fsp3) is 0.462. The number of nitrogens with two attached hydrogens (primary N) is 1. The SMILES string of the molecule is Cc1ccc2c(c1)C(C(N)C(=O)O)CCN2C. The number of anilines is 1. The summed E-state index contributed by atoms with van der Waals surface area (Å²) in [5.41, 5.74) is 9.09. The van der Waals surface area contributed by atoms with Gasteiger partial charge in [0.05, 0.1) is 0 Å². The van der Waals surface area contributed by atoms with Gasteiger partial charge in [-0.1, -0.05) is 17.7 Å². The van der Waals surface area contributed by atoms with Crippen LogP contribution < -0.4 is 10.6 Å². The molecule has 0 fully saturated rings. The van der Waals surface area contributed by atoms with E-state index in [4.69, 9.17) is 10.8 Å². The molecule has 0 amide bonds. The first-order valence-electron chi connectivity index (χ1n) is 5.81. The van der Waals surface area contributed by atoms with E-state index in [2.05, 4.69) is 11.0 Å². The number of aryl methyl sites for hydroxylation is 1. The molecule has 1 heterocycles. The lowest BCUT2D eigenvalue weighted by Gasteiger charge is -2.35. The number of carboxylic acids is 1. The molecule has 2 rings (SSSR count). The van der Waals surface area contributed by atoms with E-state index in [1.807, 2.05) is 26.1 Å². The topological polar surface area (TPSA) is 66.6 Å². The van der Waals surface area contributed by atoms with Crippen LogP contribution in [0.5, 0.6) is 0 Å². The predicted octanol–water partition coefficient (Wildman–Crippen LogP) is 1.33. The van der Waals surface area contributed by atoms with Gasteiger partial charge in [-0.15, -0.1) is 0 Å². The molecular weight excluding hydrogens is 216 g/mol. The summed E-state index contributed by atoms with van der Waals surface area (Å²) < 4.78 is 0. The molecule has 0 spiro atoms. The minimum absolute atomic E-state index is 0.0846. The second kappa shape index (κ2) is 4.37. The lowest BCUT2D eigenvalue weighted by Crippen LogP contribution is -2.41. The summed E-state index contributed by atoms with van der Waals surface area (Å²) in [5, 5.41) is 9.06. The molecule has 0 bridgehead atoms. The van der Waals surface area contributed by atoms with Crippen molar-refractivity contribution in [2.75, 3.05) is 18.5 Å². The second-order valence-electron chi connectivity index (χ2n) is 4.74. The first kappa shape index (κ1) is 11.9. The Labute approximate surface area is 101 Å². The van der Waals surface area contributed by atoms with Crippen LogP contribution in [0.2, 0.25) is 0 Å². The number of carboxylic acid groups (broad SMARTS) is 1. The van der Waals surface area contributed by atoms with Crippen molar-refractivity contribution < 1.29 is 9.90 Å². The number of nitrogens with zero attached hydrogens (tertiary/aromatic N) is 1. The van der Waals surface area contributed by atoms with E-state index >= 15 is 0 Å². The zero-order valence-corrected chi connectivity index (χ0v) is 10.2. The molecule has 3 N–H and O–H groups in total. The van der Waals surface area contributed by atoms with Gasteiger partial charge in [0.15, 0.2) is 0 Å². The average molecular weight is 234 g/mol. The fourth-order valence-electron chi connectivity index (χ4n) is 2.47. The minimum atomic E-state index is -0.924. The maximum atomic E-state index is 11.0. The van der Waals surface area contributed by atoms with Crippen LogP contribution in [0, 0.1) is 6.92 Å². The number of rotatable bonds is 2. The zero-order chi connectivity index (χ0) is 12.6. The van der Waals surface area contributed by atoms with Crippen LogP contribution in [-0.4, -0.2) is 30.7 Å². The minimum Gasteiger partial charge on any atom is -0.480 e. The van der Waals surface area contributed by atoms with Crippen molar-refractivity contribution in [3.63, 3.8) is 0 Å². The van der Waals surface area contributed by atoms with Crippen molar-refractivity contribution in [1.29, 1.82) is 0 Å². The van der Waals surface area contributed by atoms with Crippen LogP contribution >= 0.6 is 0 Å². The van der Waals surface area contributed by atoms with E-state index in [0.29, 0.717) is 0 Å². The van der Waals surface area contributed by atoms with Crippen LogP contribution in [-0.2, 0) is 4.79 Å². The molecule has 1 aliphatic heterocycles. The van der Waals surface area contributed by atoms with E-state index in [0.717, 1.165) is 29.8 Å². The maximum absolute atomic E-state index is 11.0. The molecule has 1 aromatic carbocycles. The van der Waals surface area contributed by atoms with Gasteiger partial charge in [0.25, 0.3) is 0 Å². The Morgan fingerprint density at radius 1 is 1.59 bits per heavy atom. The Hall–Kier alpha value is -1.55. The summed E-state index contributed by atoms with van der Waals surface area (Å²) in [6, 6.07) is 5.33. The first-order chi connectivity index (χ1) is 8.00. The van der Waals surface area contributed by atoms with Gasteiger partial charge in [0.2, 0.25) is 0 Å². The number of aliphatic carboxylic acids is 1. The van der Waals surface area contributed by atoms with E-state index < -0.39 is 12.0 Å². The Morgan fingerprint density at radius 2 is 2.29 bits per heavy atom. The van der Waals surface area contributed by atoms with Gasteiger partial charge in [0.1, 0.15) is 6.04 Å². The molecule has 2 unspecified atom stereocenters. The highest BCUT2D eigenvalue weighted by Crippen LogP contribution is 2.36. The molecule has 92 valence electrons. The summed E-state index contributed by atoms with van der Waals surface area (Å²) in [6.45, 7) is 2.86. The van der Waals surface area contributed by atoms with E-state index in [-0.39, 0.29) is 5.92 Å². The number of hydrogen-bond donors (Lipinski definition) is 2. The Kier molecular flexibility index (Phi) is 3.07. The molecule has 0 saturated heterocycles. The van der Waals surface area contributed by atoms with Gasteiger partial charge in [-0.05, 0) is 25.0 Å². The van der Waals surface area contributed by atoms with Crippen molar-refractivity contribution in [3.05, 3.63) is 29.3 Å². The molecule has 0 radical (unpaired) electrons. The molecule has 1 aliphatic rings. The lowest BCUT2D eigenvalue weighted by atomic mass is 9.84. The van der Waals surface area contributed by atoms with Crippen molar-refractivity contribution in [3.8, 4) is 0 Å². The smallest absolute Gasteiger partial charge is 0.321 e. The lowest BCUT2D eigenvalue weighted by molar-refractivity contribution is -0.139. The third-order valence-corrected chi connectivity index (χ3v) is 3.49. The van der Waals surface area contributed by atoms with E-state index in [1.165, 1.54) is 0 Å². The van der Waals surface area contributed by atoms with Crippen molar-refractivity contribution in [1.82, 2.24) is 0 Å². The molecular formula is C13H18N2O2. The highest BCUT2D eigenvalue weighted by Gasteiger charge is 2.31. The van der Waals surface area contributed by atoms with Crippen LogP contribution in [0.3, 0.4) is 0 Å². The van der Waals surface area contributed by atoms with Gasteiger partial charge >= 0.3 is 5.97 Å². The predicted molar refractivity (Wildman–Crippen MR) is 67.4 cm³/mol. The van der Waals surface area contributed by atoms with Crippen LogP contribution in [0.25, 0.3) is 0 Å². The quantitative estimate of drug-likeness (QED) is 0.810. The fourth-order valence-corrected chi connectivity index (χ4v) is 2.47. The summed E-state index contributed by atoms with van der Waals surface area (Å²) in [6.07, 6.45) is 0.792. The van der Waals surface area contributed by atoms with Crippen molar-refractivity contribution in [2.24, 2.45) is 5.73 Å².